The van der Waals surface area contributed by atoms with Gasteiger partial charge in [0.1, 0.15) is 0 Å². The number of amides is 1. The second kappa shape index (κ2) is 7.37. The summed E-state index contributed by atoms with van der Waals surface area (Å²) >= 11 is 0. The average molecular weight is 300 g/mol. The van der Waals surface area contributed by atoms with Crippen LogP contribution in [-0.2, 0) is 19.6 Å². The lowest BCUT2D eigenvalue weighted by molar-refractivity contribution is -0.116. The minimum absolute atomic E-state index is 0.0318. The van der Waals surface area contributed by atoms with Gasteiger partial charge in [-0.25, -0.2) is 13.6 Å². The molecule has 6 nitrogen and oxygen atoms in total. The van der Waals surface area contributed by atoms with Crippen LogP contribution in [0.3, 0.4) is 0 Å². The summed E-state index contributed by atoms with van der Waals surface area (Å²) in [5.41, 5.74) is 1.23. The second-order valence-corrected chi connectivity index (χ2v) is 5.93. The van der Waals surface area contributed by atoms with Crippen LogP contribution in [0.25, 0.3) is 0 Å². The topological polar surface area (TPSA) is 98.5 Å². The lowest BCUT2D eigenvalue weighted by Gasteiger charge is -2.09. The zero-order chi connectivity index (χ0) is 15.2. The van der Waals surface area contributed by atoms with Crippen molar-refractivity contribution in [3.63, 3.8) is 0 Å². The van der Waals surface area contributed by atoms with Gasteiger partial charge in [-0.15, -0.1) is 0 Å². The second-order valence-electron chi connectivity index (χ2n) is 4.37. The number of rotatable bonds is 7. The van der Waals surface area contributed by atoms with Gasteiger partial charge in [0.05, 0.1) is 4.90 Å². The highest BCUT2D eigenvalue weighted by Crippen LogP contribution is 2.19. The Hall–Kier alpha value is -1.44. The number of carbonyl (C=O) groups is 1. The Labute approximate surface area is 119 Å². The summed E-state index contributed by atoms with van der Waals surface area (Å²) in [4.78, 5) is 11.7. The van der Waals surface area contributed by atoms with Crippen LogP contribution >= 0.6 is 0 Å². The number of primary sulfonamides is 1. The number of nitrogens with two attached hydrogens (primary N) is 1. The highest BCUT2D eigenvalue weighted by Gasteiger charge is 2.10. The molecule has 0 atom stereocenters. The van der Waals surface area contributed by atoms with E-state index in [1.54, 1.807) is 6.92 Å². The number of anilines is 1. The van der Waals surface area contributed by atoms with Crippen molar-refractivity contribution >= 4 is 21.6 Å². The third-order valence-electron chi connectivity index (χ3n) is 2.70. The summed E-state index contributed by atoms with van der Waals surface area (Å²) in [5, 5.41) is 7.78. The van der Waals surface area contributed by atoms with Crippen molar-refractivity contribution in [1.29, 1.82) is 0 Å². The molecule has 0 bridgehead atoms. The number of carbonyl (C=O) groups excluding carboxylic acids is 1. The predicted octanol–water partition coefficient (Wildman–Crippen LogP) is 1.40. The lowest BCUT2D eigenvalue weighted by atomic mass is 10.2. The zero-order valence-electron chi connectivity index (χ0n) is 11.7. The number of nitrogens with one attached hydrogen (secondary N) is 1. The maximum atomic E-state index is 11.7. The molecule has 112 valence electrons. The van der Waals surface area contributed by atoms with Crippen LogP contribution in [-0.4, -0.2) is 27.5 Å². The average Bonchev–Trinajstić information content (AvgIpc) is 2.36. The SMILES string of the molecule is CCOCCCC(=O)Nc1ccc(S(N)(=O)=O)cc1C. The Morgan fingerprint density at radius 3 is 2.65 bits per heavy atom. The smallest absolute Gasteiger partial charge is 0.238 e. The molecule has 7 heteroatoms. The van der Waals surface area contributed by atoms with Gasteiger partial charge in [-0.05, 0) is 44.0 Å². The van der Waals surface area contributed by atoms with E-state index < -0.39 is 10.0 Å². The first-order valence-electron chi connectivity index (χ1n) is 6.35. The Bertz CT molecular complexity index is 570. The van der Waals surface area contributed by atoms with Gasteiger partial charge in [0.15, 0.2) is 0 Å². The molecule has 1 aromatic rings. The van der Waals surface area contributed by atoms with Crippen molar-refractivity contribution < 1.29 is 17.9 Å². The molecule has 0 radical (unpaired) electrons. The Morgan fingerprint density at radius 2 is 2.10 bits per heavy atom. The van der Waals surface area contributed by atoms with Crippen molar-refractivity contribution in [2.24, 2.45) is 5.14 Å². The summed E-state index contributed by atoms with van der Waals surface area (Å²) in [7, 11) is -3.72. The zero-order valence-corrected chi connectivity index (χ0v) is 12.5. The Morgan fingerprint density at radius 1 is 1.40 bits per heavy atom. The van der Waals surface area contributed by atoms with Crippen molar-refractivity contribution in [3.8, 4) is 0 Å². The van der Waals surface area contributed by atoms with Crippen LogP contribution < -0.4 is 10.5 Å². The summed E-state index contributed by atoms with van der Waals surface area (Å²) in [5.74, 6) is -0.129. The number of hydrogen-bond acceptors (Lipinski definition) is 4. The molecule has 0 aliphatic carbocycles. The summed E-state index contributed by atoms with van der Waals surface area (Å²) < 4.78 is 27.5. The molecule has 0 fully saturated rings. The Kier molecular flexibility index (Phi) is 6.12. The van der Waals surface area contributed by atoms with Crippen molar-refractivity contribution in [2.75, 3.05) is 18.5 Å². The third-order valence-corrected chi connectivity index (χ3v) is 3.61. The molecular weight excluding hydrogens is 280 g/mol. The van der Waals surface area contributed by atoms with Crippen LogP contribution in [0.1, 0.15) is 25.3 Å². The number of aryl methyl sites for hydroxylation is 1. The lowest BCUT2D eigenvalue weighted by Crippen LogP contribution is -2.15. The molecule has 0 saturated heterocycles. The molecular formula is C13H20N2O4S. The van der Waals surface area contributed by atoms with E-state index in [1.807, 2.05) is 6.92 Å². The number of benzene rings is 1. The molecule has 1 rings (SSSR count). The van der Waals surface area contributed by atoms with Gasteiger partial charge in [0, 0.05) is 25.3 Å². The summed E-state index contributed by atoms with van der Waals surface area (Å²) in [6.45, 7) is 4.80. The van der Waals surface area contributed by atoms with E-state index in [0.29, 0.717) is 37.3 Å². The molecule has 1 aromatic carbocycles. The molecule has 0 aliphatic rings. The van der Waals surface area contributed by atoms with Gasteiger partial charge in [0.25, 0.3) is 0 Å². The molecule has 0 aromatic heterocycles. The maximum Gasteiger partial charge on any atom is 0.238 e. The van der Waals surface area contributed by atoms with E-state index >= 15 is 0 Å². The standard InChI is InChI=1S/C13H20N2O4S/c1-3-19-8-4-5-13(16)15-12-7-6-11(9-10(12)2)20(14,17)18/h6-7,9H,3-5,8H2,1-2H3,(H,15,16)(H2,14,17,18). The minimum atomic E-state index is -3.72. The number of hydrogen-bond donors (Lipinski definition) is 2. The first-order chi connectivity index (χ1) is 9.34. The van der Waals surface area contributed by atoms with E-state index in [0.717, 1.165) is 0 Å². The van der Waals surface area contributed by atoms with Crippen molar-refractivity contribution in [3.05, 3.63) is 23.8 Å². The van der Waals surface area contributed by atoms with Gasteiger partial charge in [0.2, 0.25) is 15.9 Å². The highest BCUT2D eigenvalue weighted by molar-refractivity contribution is 7.89. The van der Waals surface area contributed by atoms with Gasteiger partial charge in [-0.2, -0.15) is 0 Å². The van der Waals surface area contributed by atoms with Crippen LogP contribution in [0.5, 0.6) is 0 Å². The molecule has 0 saturated carbocycles. The molecule has 1 amide bonds. The van der Waals surface area contributed by atoms with E-state index in [4.69, 9.17) is 9.88 Å². The van der Waals surface area contributed by atoms with Crippen LogP contribution in [0.4, 0.5) is 5.69 Å². The quantitative estimate of drug-likeness (QED) is 0.743. The fourth-order valence-electron chi connectivity index (χ4n) is 1.65. The van der Waals surface area contributed by atoms with Gasteiger partial charge < -0.3 is 10.1 Å². The van der Waals surface area contributed by atoms with Crippen molar-refractivity contribution in [2.45, 2.75) is 31.6 Å². The van der Waals surface area contributed by atoms with Crippen LogP contribution in [0.15, 0.2) is 23.1 Å². The Balaban J connectivity index is 2.63. The molecule has 20 heavy (non-hydrogen) atoms. The third kappa shape index (κ3) is 5.28. The number of sulfonamides is 1. The van der Waals surface area contributed by atoms with Crippen molar-refractivity contribution in [1.82, 2.24) is 0 Å². The normalized spacial score (nSPS) is 11.3. The molecule has 0 unspecified atom stereocenters. The van der Waals surface area contributed by atoms with Gasteiger partial charge in [-0.1, -0.05) is 0 Å². The first kappa shape index (κ1) is 16.6. The fourth-order valence-corrected chi connectivity index (χ4v) is 2.24. The van der Waals surface area contributed by atoms with E-state index in [2.05, 4.69) is 5.32 Å². The van der Waals surface area contributed by atoms with E-state index in [-0.39, 0.29) is 10.8 Å². The molecule has 0 heterocycles. The predicted molar refractivity (Wildman–Crippen MR) is 76.9 cm³/mol. The van der Waals surface area contributed by atoms with E-state index in [9.17, 15) is 13.2 Å². The van der Waals surface area contributed by atoms with Crippen LogP contribution in [0.2, 0.25) is 0 Å². The van der Waals surface area contributed by atoms with E-state index in [1.165, 1.54) is 18.2 Å². The molecule has 0 aliphatic heterocycles. The van der Waals surface area contributed by atoms with Gasteiger partial charge >= 0.3 is 0 Å². The molecule has 0 spiro atoms. The van der Waals surface area contributed by atoms with Crippen LogP contribution in [0, 0.1) is 6.92 Å². The number of ether oxygens (including phenoxy) is 1. The summed E-state index contributed by atoms with van der Waals surface area (Å²) in [6, 6.07) is 4.35. The fraction of sp³-hybridized carbons (Fsp3) is 0.462. The monoisotopic (exact) mass is 300 g/mol. The maximum absolute atomic E-state index is 11.7. The minimum Gasteiger partial charge on any atom is -0.382 e. The first-order valence-corrected chi connectivity index (χ1v) is 7.90. The highest BCUT2D eigenvalue weighted by atomic mass is 32.2. The summed E-state index contributed by atoms with van der Waals surface area (Å²) in [6.07, 6.45) is 1.00. The molecule has 3 N–H and O–H groups in total. The largest absolute Gasteiger partial charge is 0.382 e. The van der Waals surface area contributed by atoms with Gasteiger partial charge in [-0.3, -0.25) is 4.79 Å².